The van der Waals surface area contributed by atoms with Gasteiger partial charge in [-0.05, 0) is 36.8 Å². The summed E-state index contributed by atoms with van der Waals surface area (Å²) < 4.78 is 33.2. The van der Waals surface area contributed by atoms with Gasteiger partial charge in [-0.15, -0.1) is 0 Å². The van der Waals surface area contributed by atoms with Crippen molar-refractivity contribution in [3.05, 3.63) is 65.7 Å². The summed E-state index contributed by atoms with van der Waals surface area (Å²) in [4.78, 5) is 23.7. The van der Waals surface area contributed by atoms with Crippen LogP contribution in [-0.2, 0) is 9.53 Å². The molecule has 0 bridgehead atoms. The SMILES string of the molecule is CC(NC(=O)COC(=O)c1ccc(OC(F)F)cc1)c1ccccc1. The van der Waals surface area contributed by atoms with E-state index < -0.39 is 25.1 Å². The molecule has 25 heavy (non-hydrogen) atoms. The van der Waals surface area contributed by atoms with Crippen molar-refractivity contribution >= 4 is 11.9 Å². The zero-order chi connectivity index (χ0) is 18.2. The third-order valence-corrected chi connectivity index (χ3v) is 3.33. The Labute approximate surface area is 143 Å². The van der Waals surface area contributed by atoms with Gasteiger partial charge in [-0.2, -0.15) is 8.78 Å². The minimum atomic E-state index is -2.94. The van der Waals surface area contributed by atoms with Gasteiger partial charge in [0.15, 0.2) is 6.61 Å². The standard InChI is InChI=1S/C18H17F2NO4/c1-12(13-5-3-2-4-6-13)21-16(22)11-24-17(23)14-7-9-15(10-8-14)25-18(19)20/h2-10,12,18H,11H2,1H3,(H,21,22). The van der Waals surface area contributed by atoms with Crippen LogP contribution >= 0.6 is 0 Å². The lowest BCUT2D eigenvalue weighted by Gasteiger charge is -2.14. The molecule has 132 valence electrons. The molecule has 2 rings (SSSR count). The van der Waals surface area contributed by atoms with E-state index in [2.05, 4.69) is 10.1 Å². The van der Waals surface area contributed by atoms with Crippen LogP contribution in [0.4, 0.5) is 8.78 Å². The lowest BCUT2D eigenvalue weighted by atomic mass is 10.1. The number of carbonyl (C=O) groups excluding carboxylic acids is 2. The second kappa shape index (κ2) is 8.77. The third kappa shape index (κ3) is 5.87. The Bertz CT molecular complexity index is 705. The number of ether oxygens (including phenoxy) is 2. The Hall–Kier alpha value is -2.96. The molecule has 0 saturated carbocycles. The molecule has 0 radical (unpaired) electrons. The van der Waals surface area contributed by atoms with E-state index in [9.17, 15) is 18.4 Å². The van der Waals surface area contributed by atoms with Crippen molar-refractivity contribution in [3.63, 3.8) is 0 Å². The molecular formula is C18H17F2NO4. The van der Waals surface area contributed by atoms with Gasteiger partial charge in [0, 0.05) is 0 Å². The van der Waals surface area contributed by atoms with Crippen LogP contribution in [0.15, 0.2) is 54.6 Å². The summed E-state index contributed by atoms with van der Waals surface area (Å²) >= 11 is 0. The van der Waals surface area contributed by atoms with Crippen LogP contribution in [0.3, 0.4) is 0 Å². The molecule has 5 nitrogen and oxygen atoms in total. The molecule has 1 unspecified atom stereocenters. The summed E-state index contributed by atoms with van der Waals surface area (Å²) in [5.41, 5.74) is 1.06. The normalized spacial score (nSPS) is 11.7. The molecule has 0 saturated heterocycles. The van der Waals surface area contributed by atoms with Gasteiger partial charge >= 0.3 is 12.6 Å². The van der Waals surface area contributed by atoms with Crippen LogP contribution in [0.5, 0.6) is 5.75 Å². The fraction of sp³-hybridized carbons (Fsp3) is 0.222. The Morgan fingerprint density at radius 3 is 2.28 bits per heavy atom. The number of alkyl halides is 2. The number of hydrogen-bond acceptors (Lipinski definition) is 4. The van der Waals surface area contributed by atoms with Crippen molar-refractivity contribution in [2.45, 2.75) is 19.6 Å². The summed E-state index contributed by atoms with van der Waals surface area (Å²) in [7, 11) is 0. The van der Waals surface area contributed by atoms with E-state index in [1.165, 1.54) is 24.3 Å². The molecule has 7 heteroatoms. The van der Waals surface area contributed by atoms with Crippen LogP contribution < -0.4 is 10.1 Å². The molecule has 0 aliphatic carbocycles. The molecule has 1 atom stereocenters. The highest BCUT2D eigenvalue weighted by molar-refractivity contribution is 5.91. The van der Waals surface area contributed by atoms with Crippen LogP contribution in [-0.4, -0.2) is 25.1 Å². The third-order valence-electron chi connectivity index (χ3n) is 3.33. The number of amides is 1. The first-order valence-corrected chi connectivity index (χ1v) is 7.52. The molecule has 0 spiro atoms. The Morgan fingerprint density at radius 2 is 1.68 bits per heavy atom. The fourth-order valence-electron chi connectivity index (χ4n) is 2.10. The highest BCUT2D eigenvalue weighted by Gasteiger charge is 2.13. The van der Waals surface area contributed by atoms with E-state index >= 15 is 0 Å². The number of carbonyl (C=O) groups is 2. The van der Waals surface area contributed by atoms with Crippen LogP contribution in [0.2, 0.25) is 0 Å². The maximum Gasteiger partial charge on any atom is 0.387 e. The Morgan fingerprint density at radius 1 is 1.04 bits per heavy atom. The summed E-state index contributed by atoms with van der Waals surface area (Å²) in [5, 5.41) is 2.71. The van der Waals surface area contributed by atoms with E-state index in [0.29, 0.717) is 0 Å². The molecule has 0 aliphatic rings. The molecule has 0 heterocycles. The lowest BCUT2D eigenvalue weighted by molar-refractivity contribution is -0.124. The van der Waals surface area contributed by atoms with Gasteiger partial charge in [-0.3, -0.25) is 4.79 Å². The topological polar surface area (TPSA) is 64.6 Å². The quantitative estimate of drug-likeness (QED) is 0.779. The van der Waals surface area contributed by atoms with E-state index in [1.807, 2.05) is 37.3 Å². The number of hydrogen-bond donors (Lipinski definition) is 1. The highest BCUT2D eigenvalue weighted by atomic mass is 19.3. The van der Waals surface area contributed by atoms with Crippen molar-refractivity contribution in [3.8, 4) is 5.75 Å². The van der Waals surface area contributed by atoms with Crippen LogP contribution in [0.1, 0.15) is 28.9 Å². The van der Waals surface area contributed by atoms with Gasteiger partial charge in [0.05, 0.1) is 11.6 Å². The highest BCUT2D eigenvalue weighted by Crippen LogP contribution is 2.15. The smallest absolute Gasteiger partial charge is 0.387 e. The minimum absolute atomic E-state index is 0.0685. The van der Waals surface area contributed by atoms with Gasteiger partial charge in [-0.25, -0.2) is 4.79 Å². The monoisotopic (exact) mass is 349 g/mol. The largest absolute Gasteiger partial charge is 0.452 e. The average Bonchev–Trinajstić information content (AvgIpc) is 2.60. The van der Waals surface area contributed by atoms with Crippen molar-refractivity contribution in [1.82, 2.24) is 5.32 Å². The van der Waals surface area contributed by atoms with Crippen LogP contribution in [0.25, 0.3) is 0 Å². The molecule has 0 aliphatic heterocycles. The zero-order valence-electron chi connectivity index (χ0n) is 13.4. The molecule has 2 aromatic rings. The first kappa shape index (κ1) is 18.4. The molecule has 1 amide bonds. The minimum Gasteiger partial charge on any atom is -0.452 e. The molecular weight excluding hydrogens is 332 g/mol. The predicted octanol–water partition coefficient (Wildman–Crippen LogP) is 3.32. The molecule has 1 N–H and O–H groups in total. The number of rotatable bonds is 7. The summed E-state index contributed by atoms with van der Waals surface area (Å²) in [6.45, 7) is -1.56. The van der Waals surface area contributed by atoms with Crippen molar-refractivity contribution in [2.24, 2.45) is 0 Å². The fourth-order valence-corrected chi connectivity index (χ4v) is 2.10. The number of nitrogens with one attached hydrogen (secondary N) is 1. The molecule has 2 aromatic carbocycles. The van der Waals surface area contributed by atoms with E-state index in [-0.39, 0.29) is 17.4 Å². The van der Waals surface area contributed by atoms with E-state index in [4.69, 9.17) is 4.74 Å². The van der Waals surface area contributed by atoms with Crippen LogP contribution in [0, 0.1) is 0 Å². The number of esters is 1. The predicted molar refractivity (Wildman–Crippen MR) is 86.4 cm³/mol. The van der Waals surface area contributed by atoms with Crippen molar-refractivity contribution in [1.29, 1.82) is 0 Å². The Balaban J connectivity index is 1.82. The summed E-state index contributed by atoms with van der Waals surface area (Å²) in [6, 6.07) is 14.1. The molecule has 0 aromatic heterocycles. The molecule has 0 fully saturated rings. The van der Waals surface area contributed by atoms with E-state index in [0.717, 1.165) is 5.56 Å². The first-order valence-electron chi connectivity index (χ1n) is 7.52. The summed E-state index contributed by atoms with van der Waals surface area (Å²) in [5.74, 6) is -1.24. The van der Waals surface area contributed by atoms with Crippen molar-refractivity contribution in [2.75, 3.05) is 6.61 Å². The summed E-state index contributed by atoms with van der Waals surface area (Å²) in [6.07, 6.45) is 0. The maximum absolute atomic E-state index is 12.1. The van der Waals surface area contributed by atoms with Crippen molar-refractivity contribution < 1.29 is 27.8 Å². The number of benzene rings is 2. The maximum atomic E-state index is 12.1. The number of halogens is 2. The average molecular weight is 349 g/mol. The zero-order valence-corrected chi connectivity index (χ0v) is 13.4. The first-order chi connectivity index (χ1) is 12.0. The van der Waals surface area contributed by atoms with E-state index in [1.54, 1.807) is 0 Å². The van der Waals surface area contributed by atoms with Gasteiger partial charge in [0.2, 0.25) is 0 Å². The lowest BCUT2D eigenvalue weighted by Crippen LogP contribution is -2.31. The van der Waals surface area contributed by atoms with Gasteiger partial charge in [-0.1, -0.05) is 30.3 Å². The van der Waals surface area contributed by atoms with Gasteiger partial charge in [0.25, 0.3) is 5.91 Å². The Kier molecular flexibility index (Phi) is 6.45. The second-order valence-corrected chi connectivity index (χ2v) is 5.18. The van der Waals surface area contributed by atoms with Gasteiger partial charge in [0.1, 0.15) is 5.75 Å². The second-order valence-electron chi connectivity index (χ2n) is 5.18. The van der Waals surface area contributed by atoms with Gasteiger partial charge < -0.3 is 14.8 Å².